The van der Waals surface area contributed by atoms with Gasteiger partial charge in [-0.2, -0.15) is 0 Å². The van der Waals surface area contributed by atoms with E-state index in [9.17, 15) is 0 Å². The minimum absolute atomic E-state index is 0.861. The first-order chi connectivity index (χ1) is 17.2. The summed E-state index contributed by atoms with van der Waals surface area (Å²) in [4.78, 5) is 0. The fraction of sp³-hybridized carbons (Fsp3) is 0.667. The Morgan fingerprint density at radius 3 is 1.39 bits per heavy atom. The highest BCUT2D eigenvalue weighted by molar-refractivity contribution is 5.65. The number of fused-ring (bicyclic) bond motifs is 21. The Hall–Kier alpha value is -1.56. The molecule has 7 aliphatic rings. The topological polar surface area (TPSA) is 0 Å². The van der Waals surface area contributed by atoms with Gasteiger partial charge in [-0.15, -0.1) is 0 Å². The minimum atomic E-state index is 0.861. The third-order valence-electron chi connectivity index (χ3n) is 14.9. The lowest BCUT2D eigenvalue weighted by atomic mass is 9.54. The van der Waals surface area contributed by atoms with E-state index in [-0.39, 0.29) is 0 Å². The standard InChI is InChI=1S/C36H44/c1-13-14(2)18(6)32-31(17(13)5)35-27-12-28(36(32)35)34-26(27)11-25-24-10-23-21-9-22(16(4)15(21)3)33(23)29(24)19(7)20(8)30(25)34/h15-16,21-23,26-28,33-36H,9-12H2,1-8H3. The molecule has 0 spiro atoms. The van der Waals surface area contributed by atoms with Gasteiger partial charge in [0.15, 0.2) is 0 Å². The molecule has 0 nitrogen and oxygen atoms in total. The summed E-state index contributed by atoms with van der Waals surface area (Å²) < 4.78 is 0. The van der Waals surface area contributed by atoms with Crippen molar-refractivity contribution in [2.45, 2.75) is 105 Å². The van der Waals surface area contributed by atoms with Gasteiger partial charge in [0, 0.05) is 0 Å². The van der Waals surface area contributed by atoms with Crippen molar-refractivity contribution in [1.82, 2.24) is 0 Å². The lowest BCUT2D eigenvalue weighted by molar-refractivity contribution is 0.172. The number of hydrogen-bond donors (Lipinski definition) is 0. The molecule has 12 atom stereocenters. The highest BCUT2D eigenvalue weighted by Gasteiger charge is 2.67. The Balaban J connectivity index is 1.18. The van der Waals surface area contributed by atoms with Crippen LogP contribution in [0.4, 0.5) is 0 Å². The molecule has 12 unspecified atom stereocenters. The van der Waals surface area contributed by atoms with Crippen molar-refractivity contribution in [3.63, 3.8) is 0 Å². The Labute approximate surface area is 218 Å². The van der Waals surface area contributed by atoms with Crippen molar-refractivity contribution in [3.8, 4) is 0 Å². The summed E-state index contributed by atoms with van der Waals surface area (Å²) in [6, 6.07) is 0. The molecule has 2 aromatic rings. The van der Waals surface area contributed by atoms with Crippen LogP contribution in [0, 0.1) is 88.9 Å². The van der Waals surface area contributed by atoms with Crippen LogP contribution in [0.1, 0.15) is 117 Å². The lowest BCUT2D eigenvalue weighted by Gasteiger charge is -2.50. The molecular weight excluding hydrogens is 432 g/mol. The second kappa shape index (κ2) is 6.35. The fourth-order valence-electron chi connectivity index (χ4n) is 13.0. The highest BCUT2D eigenvalue weighted by Crippen LogP contribution is 2.77. The van der Waals surface area contributed by atoms with Gasteiger partial charge in [-0.3, -0.25) is 0 Å². The minimum Gasteiger partial charge on any atom is -0.0620 e. The van der Waals surface area contributed by atoms with Gasteiger partial charge in [-0.05, 0) is 205 Å². The van der Waals surface area contributed by atoms with E-state index in [4.69, 9.17) is 0 Å². The zero-order valence-electron chi connectivity index (χ0n) is 23.8. The van der Waals surface area contributed by atoms with Crippen LogP contribution in [-0.4, -0.2) is 0 Å². The van der Waals surface area contributed by atoms with Crippen LogP contribution in [0.15, 0.2) is 0 Å². The van der Waals surface area contributed by atoms with Gasteiger partial charge >= 0.3 is 0 Å². The maximum Gasteiger partial charge on any atom is -0.00501 e. The predicted molar refractivity (Wildman–Crippen MR) is 148 cm³/mol. The molecule has 9 rings (SSSR count). The van der Waals surface area contributed by atoms with Crippen molar-refractivity contribution in [1.29, 1.82) is 0 Å². The molecule has 4 bridgehead atoms. The predicted octanol–water partition coefficient (Wildman–Crippen LogP) is 8.50. The summed E-state index contributed by atoms with van der Waals surface area (Å²) in [6.45, 7) is 19.9. The highest BCUT2D eigenvalue weighted by atomic mass is 14.7. The van der Waals surface area contributed by atoms with Crippen molar-refractivity contribution in [2.75, 3.05) is 0 Å². The Bertz CT molecular complexity index is 1400. The molecule has 0 heteroatoms. The second-order valence-corrected chi connectivity index (χ2v) is 15.0. The van der Waals surface area contributed by atoms with Crippen LogP contribution in [0.3, 0.4) is 0 Å². The maximum atomic E-state index is 2.59. The van der Waals surface area contributed by atoms with E-state index in [0.29, 0.717) is 0 Å². The van der Waals surface area contributed by atoms with Gasteiger partial charge in [0.1, 0.15) is 0 Å². The van der Waals surface area contributed by atoms with Crippen LogP contribution >= 0.6 is 0 Å². The van der Waals surface area contributed by atoms with Gasteiger partial charge in [0.05, 0.1) is 0 Å². The number of rotatable bonds is 0. The first-order valence-electron chi connectivity index (χ1n) is 15.5. The lowest BCUT2D eigenvalue weighted by Crippen LogP contribution is -2.38. The van der Waals surface area contributed by atoms with Crippen molar-refractivity contribution in [2.24, 2.45) is 47.3 Å². The molecule has 0 heterocycles. The van der Waals surface area contributed by atoms with E-state index in [0.717, 1.165) is 71.0 Å². The normalized spacial score (nSPS) is 45.3. The molecule has 0 aromatic heterocycles. The summed E-state index contributed by atoms with van der Waals surface area (Å²) in [5.41, 5.74) is 21.1. The van der Waals surface area contributed by atoms with E-state index >= 15 is 0 Å². The molecule has 2 aromatic carbocycles. The van der Waals surface area contributed by atoms with Crippen LogP contribution < -0.4 is 0 Å². The molecule has 36 heavy (non-hydrogen) atoms. The molecule has 0 amide bonds. The summed E-state index contributed by atoms with van der Waals surface area (Å²) >= 11 is 0. The van der Waals surface area contributed by atoms with Gasteiger partial charge < -0.3 is 0 Å². The largest absolute Gasteiger partial charge is 0.0620 e. The summed E-state index contributed by atoms with van der Waals surface area (Å²) in [7, 11) is 0. The monoisotopic (exact) mass is 476 g/mol. The first-order valence-corrected chi connectivity index (χ1v) is 15.5. The molecule has 7 aliphatic carbocycles. The molecule has 4 fully saturated rings. The van der Waals surface area contributed by atoms with Gasteiger partial charge in [0.2, 0.25) is 0 Å². The molecule has 188 valence electrons. The van der Waals surface area contributed by atoms with E-state index in [1.165, 1.54) is 25.7 Å². The first kappa shape index (κ1) is 21.4. The molecule has 0 N–H and O–H groups in total. The third kappa shape index (κ3) is 2.01. The Morgan fingerprint density at radius 1 is 0.389 bits per heavy atom. The van der Waals surface area contributed by atoms with Crippen LogP contribution in [0.25, 0.3) is 0 Å². The average molecular weight is 477 g/mol. The summed E-state index contributed by atoms with van der Waals surface area (Å²) in [5.74, 6) is 11.1. The van der Waals surface area contributed by atoms with Gasteiger partial charge in [0.25, 0.3) is 0 Å². The van der Waals surface area contributed by atoms with Crippen LogP contribution in [0.2, 0.25) is 0 Å². The van der Waals surface area contributed by atoms with E-state index < -0.39 is 0 Å². The second-order valence-electron chi connectivity index (χ2n) is 15.0. The third-order valence-corrected chi connectivity index (χ3v) is 14.9. The SMILES string of the molecule is Cc1c(C)c(C)c2c(c1C)C1C3CC(C4c5c(C)c(C)c6c(c5CC34)CC3C4CC(C(C)C4C)C63)C21. The van der Waals surface area contributed by atoms with Gasteiger partial charge in [-0.1, -0.05) is 13.8 Å². The van der Waals surface area contributed by atoms with E-state index in [1.54, 1.807) is 33.4 Å². The number of hydrogen-bond acceptors (Lipinski definition) is 0. The molecule has 0 aliphatic heterocycles. The zero-order chi connectivity index (χ0) is 24.7. The van der Waals surface area contributed by atoms with Crippen LogP contribution in [-0.2, 0) is 12.8 Å². The molecule has 0 saturated heterocycles. The zero-order valence-corrected chi connectivity index (χ0v) is 23.8. The van der Waals surface area contributed by atoms with Crippen LogP contribution in [0.5, 0.6) is 0 Å². The fourth-order valence-corrected chi connectivity index (χ4v) is 13.0. The maximum absolute atomic E-state index is 2.59. The van der Waals surface area contributed by atoms with Gasteiger partial charge in [-0.25, -0.2) is 0 Å². The van der Waals surface area contributed by atoms with E-state index in [2.05, 4.69) is 55.4 Å². The molecular formula is C36H44. The molecule has 4 saturated carbocycles. The van der Waals surface area contributed by atoms with Crippen molar-refractivity contribution >= 4 is 0 Å². The van der Waals surface area contributed by atoms with Crippen molar-refractivity contribution < 1.29 is 0 Å². The smallest absolute Gasteiger partial charge is 0.00501 e. The van der Waals surface area contributed by atoms with E-state index in [1.807, 2.05) is 33.4 Å². The summed E-state index contributed by atoms with van der Waals surface area (Å²) in [6.07, 6.45) is 5.89. The average Bonchev–Trinajstić information content (AvgIpc) is 3.63. The summed E-state index contributed by atoms with van der Waals surface area (Å²) in [5, 5.41) is 0. The Kier molecular flexibility index (Phi) is 3.77. The Morgan fingerprint density at radius 2 is 0.806 bits per heavy atom. The number of benzene rings is 2. The molecule has 0 radical (unpaired) electrons. The quantitative estimate of drug-likeness (QED) is 0.334. The van der Waals surface area contributed by atoms with Crippen molar-refractivity contribution in [3.05, 3.63) is 66.8 Å².